The van der Waals surface area contributed by atoms with Gasteiger partial charge in [-0.25, -0.2) is 4.98 Å². The van der Waals surface area contributed by atoms with Gasteiger partial charge in [0.2, 0.25) is 0 Å². The third kappa shape index (κ3) is 4.24. The molecule has 1 heterocycles. The molecule has 2 N–H and O–H groups in total. The number of benzene rings is 2. The van der Waals surface area contributed by atoms with Crippen LogP contribution in [0.15, 0.2) is 48.5 Å². The van der Waals surface area contributed by atoms with Crippen molar-refractivity contribution in [3.05, 3.63) is 69.7 Å². The van der Waals surface area contributed by atoms with Crippen LogP contribution in [0.5, 0.6) is 0 Å². The predicted molar refractivity (Wildman–Crippen MR) is 112 cm³/mol. The minimum Gasteiger partial charge on any atom is -0.349 e. The van der Waals surface area contributed by atoms with Crippen molar-refractivity contribution in [3.63, 3.8) is 0 Å². The van der Waals surface area contributed by atoms with Gasteiger partial charge in [0.25, 0.3) is 11.8 Å². The Morgan fingerprint density at radius 1 is 1.11 bits per heavy atom. The maximum Gasteiger partial charge on any atom is 0.267 e. The molecule has 0 radical (unpaired) electrons. The number of aromatic nitrogens is 1. The van der Waals surface area contributed by atoms with E-state index in [1.807, 2.05) is 18.2 Å². The second-order valence-electron chi connectivity index (χ2n) is 6.73. The Bertz CT molecular complexity index is 1060. The van der Waals surface area contributed by atoms with E-state index >= 15 is 0 Å². The van der Waals surface area contributed by atoms with Crippen molar-refractivity contribution in [2.75, 3.05) is 5.32 Å². The van der Waals surface area contributed by atoms with Gasteiger partial charge in [-0.05, 0) is 50.1 Å². The first kappa shape index (κ1) is 18.7. The van der Waals surface area contributed by atoms with Crippen LogP contribution in [0.4, 0.5) is 5.69 Å². The number of halogens is 1. The summed E-state index contributed by atoms with van der Waals surface area (Å²) >= 11 is 7.37. The number of anilines is 1. The van der Waals surface area contributed by atoms with Gasteiger partial charge in [0.05, 0.1) is 5.69 Å². The molecular formula is C21H18ClN3O2S. The average molecular weight is 412 g/mol. The van der Waals surface area contributed by atoms with Crippen LogP contribution in [0.25, 0.3) is 10.6 Å². The number of hydrogen-bond acceptors (Lipinski definition) is 4. The molecule has 0 saturated heterocycles. The normalized spacial score (nSPS) is 13.2. The molecule has 0 atom stereocenters. The molecule has 2 aromatic carbocycles. The largest absolute Gasteiger partial charge is 0.349 e. The molecular weight excluding hydrogens is 394 g/mol. The van der Waals surface area contributed by atoms with Crippen molar-refractivity contribution in [1.29, 1.82) is 0 Å². The molecule has 1 aliphatic rings. The van der Waals surface area contributed by atoms with Crippen LogP contribution in [-0.2, 0) is 0 Å². The molecule has 2 amide bonds. The molecule has 1 aliphatic carbocycles. The summed E-state index contributed by atoms with van der Waals surface area (Å²) in [7, 11) is 0. The quantitative estimate of drug-likeness (QED) is 0.626. The minimum atomic E-state index is -0.247. The summed E-state index contributed by atoms with van der Waals surface area (Å²) in [6.45, 7) is 1.80. The van der Waals surface area contributed by atoms with Crippen LogP contribution in [0, 0.1) is 6.92 Å². The Kier molecular flexibility index (Phi) is 5.15. The van der Waals surface area contributed by atoms with Crippen molar-refractivity contribution in [2.24, 2.45) is 0 Å². The maximum atomic E-state index is 12.7. The summed E-state index contributed by atoms with van der Waals surface area (Å²) in [5.74, 6) is -0.362. The van der Waals surface area contributed by atoms with Gasteiger partial charge in [-0.1, -0.05) is 29.8 Å². The van der Waals surface area contributed by atoms with Gasteiger partial charge >= 0.3 is 0 Å². The number of amides is 2. The van der Waals surface area contributed by atoms with E-state index in [1.54, 1.807) is 37.3 Å². The van der Waals surface area contributed by atoms with E-state index < -0.39 is 0 Å². The zero-order valence-electron chi connectivity index (χ0n) is 15.2. The van der Waals surface area contributed by atoms with Gasteiger partial charge in [-0.3, -0.25) is 9.59 Å². The SMILES string of the molecule is Cc1nc(-c2cccc(Cl)c2)sc1C(=O)Nc1cccc(C(=O)NC2CC2)c1. The van der Waals surface area contributed by atoms with E-state index in [-0.39, 0.29) is 17.9 Å². The molecule has 0 aliphatic heterocycles. The highest BCUT2D eigenvalue weighted by atomic mass is 35.5. The topological polar surface area (TPSA) is 71.1 Å². The van der Waals surface area contributed by atoms with E-state index in [0.29, 0.717) is 26.8 Å². The second kappa shape index (κ2) is 7.73. The molecule has 1 saturated carbocycles. The summed E-state index contributed by atoms with van der Waals surface area (Å²) in [4.78, 5) is 30.0. The molecule has 3 aromatic rings. The number of rotatable bonds is 5. The molecule has 7 heteroatoms. The summed E-state index contributed by atoms with van der Waals surface area (Å²) in [6, 6.07) is 14.6. The molecule has 0 unspecified atom stereocenters. The van der Waals surface area contributed by atoms with Crippen LogP contribution in [0.3, 0.4) is 0 Å². The van der Waals surface area contributed by atoms with Crippen molar-refractivity contribution in [1.82, 2.24) is 10.3 Å². The Hall–Kier alpha value is -2.70. The highest BCUT2D eigenvalue weighted by molar-refractivity contribution is 7.17. The lowest BCUT2D eigenvalue weighted by Gasteiger charge is -2.07. The number of nitrogens with one attached hydrogen (secondary N) is 2. The molecule has 1 fully saturated rings. The van der Waals surface area contributed by atoms with Crippen LogP contribution in [0.2, 0.25) is 5.02 Å². The van der Waals surface area contributed by atoms with Crippen molar-refractivity contribution in [3.8, 4) is 10.6 Å². The fourth-order valence-electron chi connectivity index (χ4n) is 2.77. The molecule has 1 aromatic heterocycles. The first-order valence-electron chi connectivity index (χ1n) is 8.95. The van der Waals surface area contributed by atoms with Gasteiger partial charge in [0.15, 0.2) is 0 Å². The van der Waals surface area contributed by atoms with E-state index in [1.165, 1.54) is 11.3 Å². The lowest BCUT2D eigenvalue weighted by atomic mass is 10.2. The highest BCUT2D eigenvalue weighted by Gasteiger charge is 2.24. The molecule has 28 heavy (non-hydrogen) atoms. The van der Waals surface area contributed by atoms with Crippen LogP contribution in [0.1, 0.15) is 38.6 Å². The van der Waals surface area contributed by atoms with E-state index in [2.05, 4.69) is 15.6 Å². The Morgan fingerprint density at radius 3 is 2.64 bits per heavy atom. The first-order chi connectivity index (χ1) is 13.5. The molecule has 5 nitrogen and oxygen atoms in total. The first-order valence-corrected chi connectivity index (χ1v) is 10.1. The molecule has 142 valence electrons. The third-order valence-electron chi connectivity index (χ3n) is 4.37. The van der Waals surface area contributed by atoms with Crippen molar-refractivity contribution < 1.29 is 9.59 Å². The second-order valence-corrected chi connectivity index (χ2v) is 8.16. The van der Waals surface area contributed by atoms with Gasteiger partial charge in [0, 0.05) is 27.9 Å². The van der Waals surface area contributed by atoms with Crippen molar-refractivity contribution >= 4 is 40.4 Å². The lowest BCUT2D eigenvalue weighted by Crippen LogP contribution is -2.25. The van der Waals surface area contributed by atoms with Crippen LogP contribution < -0.4 is 10.6 Å². The molecule has 0 spiro atoms. The zero-order chi connectivity index (χ0) is 19.7. The van der Waals surface area contributed by atoms with E-state index in [0.717, 1.165) is 23.4 Å². The van der Waals surface area contributed by atoms with Crippen LogP contribution in [-0.4, -0.2) is 22.8 Å². The van der Waals surface area contributed by atoms with Gasteiger partial charge in [-0.15, -0.1) is 11.3 Å². The summed E-state index contributed by atoms with van der Waals surface area (Å²) in [5, 5.41) is 7.17. The highest BCUT2D eigenvalue weighted by Crippen LogP contribution is 2.30. The number of carbonyl (C=O) groups is 2. The number of hydrogen-bond donors (Lipinski definition) is 2. The van der Waals surface area contributed by atoms with Crippen molar-refractivity contribution in [2.45, 2.75) is 25.8 Å². The van der Waals surface area contributed by atoms with Gasteiger partial charge in [0.1, 0.15) is 9.88 Å². The van der Waals surface area contributed by atoms with E-state index in [4.69, 9.17) is 11.6 Å². The predicted octanol–water partition coefficient (Wildman–Crippen LogP) is 4.92. The summed E-state index contributed by atoms with van der Waals surface area (Å²) < 4.78 is 0. The standard InChI is InChI=1S/C21H18ClN3O2S/c1-12-18(28-21(23-12)14-5-2-6-15(22)10-14)20(27)25-17-7-3-4-13(11-17)19(26)24-16-8-9-16/h2-7,10-11,16H,8-9H2,1H3,(H,24,26)(H,25,27). The molecule has 4 rings (SSSR count). The zero-order valence-corrected chi connectivity index (χ0v) is 16.7. The fraction of sp³-hybridized carbons (Fsp3) is 0.190. The van der Waals surface area contributed by atoms with E-state index in [9.17, 15) is 9.59 Å². The average Bonchev–Trinajstić information content (AvgIpc) is 3.40. The molecule has 0 bridgehead atoms. The van der Waals surface area contributed by atoms with Crippen LogP contribution >= 0.6 is 22.9 Å². The monoisotopic (exact) mass is 411 g/mol. The summed E-state index contributed by atoms with van der Waals surface area (Å²) in [5.41, 5.74) is 2.63. The maximum absolute atomic E-state index is 12.7. The third-order valence-corrected chi connectivity index (χ3v) is 5.81. The number of carbonyl (C=O) groups excluding carboxylic acids is 2. The Balaban J connectivity index is 1.51. The number of thiazole rings is 1. The van der Waals surface area contributed by atoms with Gasteiger partial charge in [-0.2, -0.15) is 0 Å². The summed E-state index contributed by atoms with van der Waals surface area (Å²) in [6.07, 6.45) is 2.06. The number of aryl methyl sites for hydroxylation is 1. The Morgan fingerprint density at radius 2 is 1.89 bits per heavy atom. The lowest BCUT2D eigenvalue weighted by molar-refractivity contribution is 0.0949. The Labute approximate surface area is 171 Å². The van der Waals surface area contributed by atoms with Gasteiger partial charge < -0.3 is 10.6 Å². The fourth-order valence-corrected chi connectivity index (χ4v) is 3.92. The number of nitrogens with zero attached hydrogens (tertiary/aromatic N) is 1. The smallest absolute Gasteiger partial charge is 0.267 e. The minimum absolute atomic E-state index is 0.115.